The molecule has 0 unspecified atom stereocenters. The van der Waals surface area contributed by atoms with Crippen LogP contribution in [0.1, 0.15) is 16.8 Å². The summed E-state index contributed by atoms with van der Waals surface area (Å²) in [6.07, 6.45) is 9.23. The number of hydrogen-bond donors (Lipinski definition) is 0. The zero-order valence-electron chi connectivity index (χ0n) is 17.8. The van der Waals surface area contributed by atoms with Crippen LogP contribution in [0.15, 0.2) is 72.6 Å². The van der Waals surface area contributed by atoms with Crippen molar-refractivity contribution in [1.29, 1.82) is 0 Å². The highest BCUT2D eigenvalue weighted by atomic mass is 16.5. The summed E-state index contributed by atoms with van der Waals surface area (Å²) in [6, 6.07) is 14.1. The van der Waals surface area contributed by atoms with Gasteiger partial charge >= 0.3 is 0 Å². The molecule has 0 atom stereocenters. The summed E-state index contributed by atoms with van der Waals surface area (Å²) in [5.74, 6) is 0. The number of aliphatic imine (C=N–C) groups is 1. The second-order valence-corrected chi connectivity index (χ2v) is 7.59. The van der Waals surface area contributed by atoms with Crippen molar-refractivity contribution >= 4 is 23.6 Å². The molecular formula is C25H24N6O. The number of fused-ring (bicyclic) bond motifs is 1. The van der Waals surface area contributed by atoms with Gasteiger partial charge in [0, 0.05) is 37.3 Å². The molecule has 4 aromatic rings. The summed E-state index contributed by atoms with van der Waals surface area (Å²) in [5.41, 5.74) is 6.78. The first-order valence-corrected chi connectivity index (χ1v) is 10.6. The van der Waals surface area contributed by atoms with E-state index in [1.54, 1.807) is 12.4 Å². The van der Waals surface area contributed by atoms with Crippen molar-refractivity contribution in [3.63, 3.8) is 0 Å². The largest absolute Gasteiger partial charge is 0.378 e. The average Bonchev–Trinajstić information content (AvgIpc) is 3.29. The Morgan fingerprint density at radius 3 is 2.69 bits per heavy atom. The van der Waals surface area contributed by atoms with Crippen molar-refractivity contribution in [2.24, 2.45) is 4.99 Å². The molecule has 7 heteroatoms. The minimum atomic E-state index is 0.481. The van der Waals surface area contributed by atoms with Gasteiger partial charge in [-0.15, -0.1) is 0 Å². The van der Waals surface area contributed by atoms with Crippen LogP contribution in [0.3, 0.4) is 0 Å². The van der Waals surface area contributed by atoms with Gasteiger partial charge in [0.05, 0.1) is 43.0 Å². The fourth-order valence-corrected chi connectivity index (χ4v) is 3.80. The number of morpholine rings is 1. The monoisotopic (exact) mass is 424 g/mol. The van der Waals surface area contributed by atoms with E-state index in [1.165, 1.54) is 0 Å². The van der Waals surface area contributed by atoms with E-state index < -0.39 is 0 Å². The highest BCUT2D eigenvalue weighted by Crippen LogP contribution is 2.26. The summed E-state index contributed by atoms with van der Waals surface area (Å²) < 4.78 is 7.41. The molecule has 0 spiro atoms. The number of pyridine rings is 1. The Morgan fingerprint density at radius 2 is 1.88 bits per heavy atom. The molecule has 160 valence electrons. The van der Waals surface area contributed by atoms with Crippen molar-refractivity contribution in [2.75, 3.05) is 31.2 Å². The van der Waals surface area contributed by atoms with Crippen LogP contribution in [-0.4, -0.2) is 52.1 Å². The lowest BCUT2D eigenvalue weighted by Gasteiger charge is -2.29. The second kappa shape index (κ2) is 9.11. The van der Waals surface area contributed by atoms with E-state index in [9.17, 15) is 0 Å². The summed E-state index contributed by atoms with van der Waals surface area (Å²) in [4.78, 5) is 15.9. The van der Waals surface area contributed by atoms with Gasteiger partial charge in [0.1, 0.15) is 0 Å². The summed E-state index contributed by atoms with van der Waals surface area (Å²) in [7, 11) is 0. The van der Waals surface area contributed by atoms with E-state index in [2.05, 4.69) is 33.6 Å². The number of ether oxygens (including phenoxy) is 1. The number of imidazole rings is 1. The number of benzene rings is 1. The molecule has 0 bridgehead atoms. The van der Waals surface area contributed by atoms with Crippen molar-refractivity contribution in [3.8, 4) is 11.3 Å². The standard InChI is InChI=1S/C25H24N6O/c1-2-19-4-3-5-20(14-19)16-27-17-22-15-24(30-10-12-32-13-11-30)25-28-23(18-31(25)29-22)21-6-8-26-9-7-21/h2-9,14-16,18H,1,10-13,17H2. The lowest BCUT2D eigenvalue weighted by atomic mass is 10.1. The van der Waals surface area contributed by atoms with Crippen molar-refractivity contribution in [1.82, 2.24) is 19.6 Å². The smallest absolute Gasteiger partial charge is 0.177 e. The van der Waals surface area contributed by atoms with E-state index in [-0.39, 0.29) is 0 Å². The lowest BCUT2D eigenvalue weighted by Crippen LogP contribution is -2.36. The quantitative estimate of drug-likeness (QED) is 0.439. The fourth-order valence-electron chi connectivity index (χ4n) is 3.80. The highest BCUT2D eigenvalue weighted by molar-refractivity contribution is 5.80. The first-order chi connectivity index (χ1) is 15.8. The number of anilines is 1. The zero-order chi connectivity index (χ0) is 21.8. The van der Waals surface area contributed by atoms with Gasteiger partial charge in [-0.2, -0.15) is 5.10 Å². The summed E-state index contributed by atoms with van der Waals surface area (Å²) in [5, 5.41) is 4.79. The normalized spacial score (nSPS) is 14.3. The van der Waals surface area contributed by atoms with Gasteiger partial charge in [0.2, 0.25) is 0 Å². The van der Waals surface area contributed by atoms with Crippen LogP contribution in [-0.2, 0) is 11.3 Å². The molecule has 1 aliphatic rings. The van der Waals surface area contributed by atoms with Gasteiger partial charge in [0.15, 0.2) is 5.65 Å². The molecular weight excluding hydrogens is 400 g/mol. The van der Waals surface area contributed by atoms with E-state index >= 15 is 0 Å². The maximum atomic E-state index is 5.55. The summed E-state index contributed by atoms with van der Waals surface area (Å²) >= 11 is 0. The molecule has 0 aliphatic carbocycles. The van der Waals surface area contributed by atoms with E-state index in [0.717, 1.165) is 52.5 Å². The third-order valence-corrected chi connectivity index (χ3v) is 5.42. The van der Waals surface area contributed by atoms with Gasteiger partial charge in [-0.3, -0.25) is 9.98 Å². The lowest BCUT2D eigenvalue weighted by molar-refractivity contribution is 0.123. The topological polar surface area (TPSA) is 67.9 Å². The van der Waals surface area contributed by atoms with Gasteiger partial charge in [0.25, 0.3) is 0 Å². The zero-order valence-corrected chi connectivity index (χ0v) is 17.8. The van der Waals surface area contributed by atoms with E-state index in [0.29, 0.717) is 19.8 Å². The Hall–Kier alpha value is -3.84. The van der Waals surface area contributed by atoms with Crippen molar-refractivity contribution in [2.45, 2.75) is 6.54 Å². The molecule has 0 N–H and O–H groups in total. The Morgan fingerprint density at radius 1 is 1.06 bits per heavy atom. The Balaban J connectivity index is 1.49. The molecule has 1 aliphatic heterocycles. The van der Waals surface area contributed by atoms with Crippen LogP contribution >= 0.6 is 0 Å². The molecule has 5 rings (SSSR count). The molecule has 1 aromatic carbocycles. The van der Waals surface area contributed by atoms with Crippen molar-refractivity contribution < 1.29 is 4.74 Å². The molecule has 1 fully saturated rings. The molecule has 3 aromatic heterocycles. The van der Waals surface area contributed by atoms with Crippen LogP contribution in [0.4, 0.5) is 5.69 Å². The SMILES string of the molecule is C=Cc1cccc(C=NCc2cc(N3CCOCC3)c3nc(-c4ccncc4)cn3n2)c1. The molecule has 1 saturated heterocycles. The maximum absolute atomic E-state index is 5.55. The molecule has 0 amide bonds. The maximum Gasteiger partial charge on any atom is 0.177 e. The fraction of sp³-hybridized carbons (Fsp3) is 0.200. The number of nitrogens with zero attached hydrogens (tertiary/aromatic N) is 6. The second-order valence-electron chi connectivity index (χ2n) is 7.59. The van der Waals surface area contributed by atoms with Crippen LogP contribution in [0, 0.1) is 0 Å². The van der Waals surface area contributed by atoms with Crippen molar-refractivity contribution in [3.05, 3.63) is 84.5 Å². The van der Waals surface area contributed by atoms with Gasteiger partial charge in [-0.05, 0) is 35.4 Å². The molecule has 0 saturated carbocycles. The van der Waals surface area contributed by atoms with Crippen LogP contribution in [0.2, 0.25) is 0 Å². The minimum Gasteiger partial charge on any atom is -0.378 e. The molecule has 4 heterocycles. The predicted octanol–water partition coefficient (Wildman–Crippen LogP) is 3.89. The minimum absolute atomic E-state index is 0.481. The van der Waals surface area contributed by atoms with Gasteiger partial charge < -0.3 is 9.64 Å². The van der Waals surface area contributed by atoms with Gasteiger partial charge in [-0.25, -0.2) is 9.50 Å². The van der Waals surface area contributed by atoms with Gasteiger partial charge in [-0.1, -0.05) is 30.9 Å². The Kier molecular flexibility index (Phi) is 5.72. The van der Waals surface area contributed by atoms with E-state index in [4.69, 9.17) is 14.8 Å². The first kappa shape index (κ1) is 20.1. The third kappa shape index (κ3) is 4.29. The van der Waals surface area contributed by atoms with E-state index in [1.807, 2.05) is 53.3 Å². The van der Waals surface area contributed by atoms with Crippen LogP contribution in [0.5, 0.6) is 0 Å². The predicted molar refractivity (Wildman–Crippen MR) is 127 cm³/mol. The summed E-state index contributed by atoms with van der Waals surface area (Å²) in [6.45, 7) is 7.38. The first-order valence-electron chi connectivity index (χ1n) is 10.6. The molecule has 7 nitrogen and oxygen atoms in total. The van der Waals surface area contributed by atoms with Crippen LogP contribution < -0.4 is 4.90 Å². The number of rotatable bonds is 6. The third-order valence-electron chi connectivity index (χ3n) is 5.42. The molecule has 0 radical (unpaired) electrons. The number of hydrogen-bond acceptors (Lipinski definition) is 6. The Bertz CT molecular complexity index is 1260. The average molecular weight is 425 g/mol. The Labute approximate surface area is 186 Å². The highest BCUT2D eigenvalue weighted by Gasteiger charge is 2.18. The molecule has 32 heavy (non-hydrogen) atoms. The number of aromatic nitrogens is 4. The van der Waals surface area contributed by atoms with Crippen LogP contribution in [0.25, 0.3) is 23.0 Å².